The number of hydrogen-bond acceptors (Lipinski definition) is 7. The number of hydroxylamine groups is 2. The lowest BCUT2D eigenvalue weighted by Gasteiger charge is -2.21. The van der Waals surface area contributed by atoms with E-state index in [2.05, 4.69) is 20.8 Å². The van der Waals surface area contributed by atoms with Crippen LogP contribution in [-0.2, 0) is 15.8 Å². The summed E-state index contributed by atoms with van der Waals surface area (Å²) in [4.78, 5) is 44.1. The predicted octanol–water partition coefficient (Wildman–Crippen LogP) is 3.26. The third-order valence-corrected chi connectivity index (χ3v) is 5.09. The van der Waals surface area contributed by atoms with Gasteiger partial charge < -0.3 is 4.90 Å². The minimum absolute atomic E-state index is 0.147. The van der Waals surface area contributed by atoms with Gasteiger partial charge in [-0.15, -0.1) is 0 Å². The number of unbranched alkanes of at least 4 members (excludes halogenated alkanes) is 2. The summed E-state index contributed by atoms with van der Waals surface area (Å²) < 4.78 is 41.1. The maximum absolute atomic E-state index is 13.7. The minimum Gasteiger partial charge on any atom is -0.311 e. The van der Waals surface area contributed by atoms with Crippen LogP contribution in [0.3, 0.4) is 0 Å². The number of benzene rings is 1. The maximum Gasteiger partial charge on any atom is 0.434 e. The number of halogens is 3. The zero-order valence-corrected chi connectivity index (χ0v) is 19.2. The van der Waals surface area contributed by atoms with E-state index < -0.39 is 41.1 Å². The van der Waals surface area contributed by atoms with Gasteiger partial charge in [0.2, 0.25) is 18.3 Å². The van der Waals surface area contributed by atoms with Crippen molar-refractivity contribution in [2.75, 3.05) is 23.9 Å². The molecule has 0 radical (unpaired) electrons. The molecule has 13 heteroatoms. The zero-order chi connectivity index (χ0) is 26.0. The van der Waals surface area contributed by atoms with Crippen molar-refractivity contribution in [1.29, 1.82) is 0 Å². The van der Waals surface area contributed by atoms with E-state index in [-0.39, 0.29) is 13.0 Å². The molecule has 0 bridgehead atoms. The van der Waals surface area contributed by atoms with Crippen LogP contribution in [0.2, 0.25) is 0 Å². The minimum atomic E-state index is -4.98. The molecule has 1 heterocycles. The molecule has 190 valence electrons. The first-order valence-corrected chi connectivity index (χ1v) is 10.8. The fourth-order valence-electron chi connectivity index (χ4n) is 3.20. The highest BCUT2D eigenvalue weighted by Gasteiger charge is 2.39. The van der Waals surface area contributed by atoms with E-state index in [1.807, 2.05) is 6.92 Å². The van der Waals surface area contributed by atoms with Crippen molar-refractivity contribution in [3.8, 4) is 0 Å². The van der Waals surface area contributed by atoms with Crippen LogP contribution < -0.4 is 15.8 Å². The number of alkyl halides is 3. The van der Waals surface area contributed by atoms with Crippen molar-refractivity contribution < 1.29 is 32.8 Å². The summed E-state index contributed by atoms with van der Waals surface area (Å²) in [5, 5.41) is 9.75. The van der Waals surface area contributed by atoms with Crippen molar-refractivity contribution in [3.63, 3.8) is 0 Å². The number of hydrazine groups is 1. The Morgan fingerprint density at radius 3 is 2.49 bits per heavy atom. The Morgan fingerprint density at radius 2 is 1.89 bits per heavy atom. The Bertz CT molecular complexity index is 1010. The van der Waals surface area contributed by atoms with Gasteiger partial charge in [-0.3, -0.25) is 30.4 Å². The van der Waals surface area contributed by atoms with Crippen molar-refractivity contribution in [1.82, 2.24) is 20.5 Å². The van der Waals surface area contributed by atoms with Crippen LogP contribution in [0.25, 0.3) is 0 Å². The highest BCUT2D eigenvalue weighted by Crippen LogP contribution is 2.31. The Kier molecular flexibility index (Phi) is 9.94. The molecule has 2 rings (SSSR count). The largest absolute Gasteiger partial charge is 0.434 e. The quantitative estimate of drug-likeness (QED) is 0.178. The lowest BCUT2D eigenvalue weighted by molar-refractivity contribution is -0.154. The first-order chi connectivity index (χ1) is 16.6. The fourth-order valence-corrected chi connectivity index (χ4v) is 3.20. The summed E-state index contributed by atoms with van der Waals surface area (Å²) in [7, 11) is 1.33. The number of aromatic nitrogens is 2. The van der Waals surface area contributed by atoms with E-state index in [4.69, 9.17) is 0 Å². The van der Waals surface area contributed by atoms with E-state index >= 15 is 0 Å². The van der Waals surface area contributed by atoms with Gasteiger partial charge in [0.15, 0.2) is 5.69 Å². The first-order valence-electron chi connectivity index (χ1n) is 10.8. The van der Waals surface area contributed by atoms with E-state index in [1.54, 1.807) is 30.3 Å². The number of anilines is 2. The van der Waals surface area contributed by atoms with Crippen LogP contribution in [0.5, 0.6) is 0 Å². The number of hydrogen-bond donors (Lipinski definition) is 3. The predicted molar refractivity (Wildman–Crippen MR) is 120 cm³/mol. The van der Waals surface area contributed by atoms with Crippen LogP contribution in [0, 0.1) is 5.92 Å². The van der Waals surface area contributed by atoms with E-state index in [9.17, 15) is 32.8 Å². The number of amides is 3. The second-order valence-electron chi connectivity index (χ2n) is 7.69. The van der Waals surface area contributed by atoms with Gasteiger partial charge in [0.05, 0.1) is 18.0 Å². The van der Waals surface area contributed by atoms with E-state index in [0.29, 0.717) is 23.6 Å². The molecule has 3 N–H and O–H groups in total. The van der Waals surface area contributed by atoms with Gasteiger partial charge in [0.1, 0.15) is 0 Å². The smallest absolute Gasteiger partial charge is 0.311 e. The number of carbonyl (C=O) groups excluding carboxylic acids is 3. The maximum atomic E-state index is 13.7. The molecule has 0 saturated heterocycles. The third-order valence-electron chi connectivity index (χ3n) is 5.09. The highest BCUT2D eigenvalue weighted by atomic mass is 19.4. The monoisotopic (exact) mass is 496 g/mol. The summed E-state index contributed by atoms with van der Waals surface area (Å²) in [6.07, 6.45) is -1.44. The molecule has 0 unspecified atom stereocenters. The molecule has 10 nitrogen and oxygen atoms in total. The Labute approximate surface area is 200 Å². The summed E-state index contributed by atoms with van der Waals surface area (Å²) in [6, 6.07) is 8.10. The number of nitrogens with zero attached hydrogens (tertiary/aromatic N) is 4. The fraction of sp³-hybridized carbons (Fsp3) is 0.409. The van der Waals surface area contributed by atoms with Gasteiger partial charge in [0.25, 0.3) is 5.91 Å². The average Bonchev–Trinajstić information content (AvgIpc) is 2.85. The van der Waals surface area contributed by atoms with Crippen LogP contribution >= 0.6 is 0 Å². The van der Waals surface area contributed by atoms with E-state index in [0.717, 1.165) is 23.9 Å². The molecule has 0 spiro atoms. The molecule has 0 aliphatic carbocycles. The molecule has 0 fully saturated rings. The van der Waals surface area contributed by atoms with Crippen LogP contribution in [0.15, 0.2) is 36.5 Å². The topological polar surface area (TPSA) is 128 Å². The van der Waals surface area contributed by atoms with Gasteiger partial charge in [0, 0.05) is 18.9 Å². The number of carbonyl (C=O) groups is 3. The molecule has 3 amide bonds. The van der Waals surface area contributed by atoms with Crippen molar-refractivity contribution in [3.05, 3.63) is 47.8 Å². The van der Waals surface area contributed by atoms with Gasteiger partial charge >= 0.3 is 6.18 Å². The van der Waals surface area contributed by atoms with Crippen LogP contribution in [0.1, 0.15) is 48.7 Å². The Hall–Kier alpha value is -3.74. The summed E-state index contributed by atoms with van der Waals surface area (Å²) in [6.45, 7) is 1.66. The Balaban J connectivity index is 2.20. The molecular weight excluding hydrogens is 469 g/mol. The molecule has 1 aromatic carbocycles. The van der Waals surface area contributed by atoms with Gasteiger partial charge in [-0.05, 0) is 18.6 Å². The van der Waals surface area contributed by atoms with Gasteiger partial charge in [-0.25, -0.2) is 15.0 Å². The molecule has 2 aromatic rings. The molecule has 1 atom stereocenters. The standard InChI is InChI=1S/C22H27F3N6O4/c1-3-4-6-9-15(13-31(35)14-32)19(33)28-29-21-26-12-17(18(27-21)22(23,24)25)20(34)30(2)16-10-7-5-8-11-16/h5,7-8,10-12,14-15,35H,3-4,6,9,13H2,1-2H3,(H,28,33)(H,26,27,29)/t15-/m1/s1. The second-order valence-corrected chi connectivity index (χ2v) is 7.69. The molecule has 0 saturated carbocycles. The summed E-state index contributed by atoms with van der Waals surface area (Å²) in [5.41, 5.74) is 2.55. The molecule has 0 aliphatic rings. The van der Waals surface area contributed by atoms with Crippen LogP contribution in [0.4, 0.5) is 24.8 Å². The molecule has 1 aromatic heterocycles. The van der Waals surface area contributed by atoms with Crippen molar-refractivity contribution >= 4 is 29.9 Å². The average molecular weight is 496 g/mol. The first kappa shape index (κ1) is 27.5. The normalized spacial score (nSPS) is 11.9. The molecule has 0 aliphatic heterocycles. The van der Waals surface area contributed by atoms with Gasteiger partial charge in [-0.2, -0.15) is 13.2 Å². The zero-order valence-electron chi connectivity index (χ0n) is 19.2. The Morgan fingerprint density at radius 1 is 1.20 bits per heavy atom. The second kappa shape index (κ2) is 12.6. The SMILES string of the molecule is CCCCC[C@H](CN(O)C=O)C(=O)NNc1ncc(C(=O)N(C)c2ccccc2)c(C(F)(F)F)n1. The van der Waals surface area contributed by atoms with E-state index in [1.165, 1.54) is 7.05 Å². The van der Waals surface area contributed by atoms with Gasteiger partial charge in [-0.1, -0.05) is 44.4 Å². The lowest BCUT2D eigenvalue weighted by Crippen LogP contribution is -2.40. The van der Waals surface area contributed by atoms with Crippen LogP contribution in [-0.4, -0.2) is 52.1 Å². The number of para-hydroxylation sites is 1. The van der Waals surface area contributed by atoms with Crippen molar-refractivity contribution in [2.24, 2.45) is 5.92 Å². The summed E-state index contributed by atoms with van der Waals surface area (Å²) >= 11 is 0. The van der Waals surface area contributed by atoms with Crippen molar-refractivity contribution in [2.45, 2.75) is 38.8 Å². The summed E-state index contributed by atoms with van der Waals surface area (Å²) in [5.74, 6) is -3.06. The number of rotatable bonds is 12. The highest BCUT2D eigenvalue weighted by molar-refractivity contribution is 6.06. The lowest BCUT2D eigenvalue weighted by atomic mass is 10.0. The number of nitrogens with one attached hydrogen (secondary N) is 2. The molecular formula is C22H27F3N6O4. The third kappa shape index (κ3) is 7.91. The molecule has 35 heavy (non-hydrogen) atoms.